The molecule has 4 heteroatoms. The lowest BCUT2D eigenvalue weighted by Crippen LogP contribution is -2.28. The Morgan fingerprint density at radius 2 is 1.50 bits per heavy atom. The van der Waals surface area contributed by atoms with Gasteiger partial charge in [-0.25, -0.2) is 4.79 Å². The number of aryl methyl sites for hydroxylation is 2. The summed E-state index contributed by atoms with van der Waals surface area (Å²) in [7, 11) is 0. The fourth-order valence-corrected chi connectivity index (χ4v) is 3.31. The lowest BCUT2D eigenvalue weighted by molar-refractivity contribution is -0.140. The molecule has 0 radical (unpaired) electrons. The van der Waals surface area contributed by atoms with Crippen LogP contribution in [-0.4, -0.2) is 24.3 Å². The van der Waals surface area contributed by atoms with Crippen molar-refractivity contribution in [3.05, 3.63) is 82.1 Å². The molecule has 0 amide bonds. The zero-order valence-electron chi connectivity index (χ0n) is 15.4. The van der Waals surface area contributed by atoms with Gasteiger partial charge in [-0.15, -0.1) is 0 Å². The molecule has 0 unspecified atom stereocenters. The second-order valence-electron chi connectivity index (χ2n) is 6.73. The molecule has 26 heavy (non-hydrogen) atoms. The molecule has 0 bridgehead atoms. The Morgan fingerprint density at radius 1 is 1.00 bits per heavy atom. The van der Waals surface area contributed by atoms with E-state index >= 15 is 0 Å². The largest absolute Gasteiger partial charge is 0.482 e. The number of esters is 1. The van der Waals surface area contributed by atoms with Gasteiger partial charge in [-0.2, -0.15) is 0 Å². The van der Waals surface area contributed by atoms with Crippen LogP contribution in [0.25, 0.3) is 0 Å². The Balaban J connectivity index is 2.03. The predicted octanol–water partition coefficient (Wildman–Crippen LogP) is 3.78. The third-order valence-electron chi connectivity index (χ3n) is 4.78. The van der Waals surface area contributed by atoms with Crippen molar-refractivity contribution in [1.82, 2.24) is 0 Å². The first-order chi connectivity index (χ1) is 12.5. The van der Waals surface area contributed by atoms with E-state index in [4.69, 9.17) is 14.6 Å². The van der Waals surface area contributed by atoms with Gasteiger partial charge in [0, 0.05) is 17.5 Å². The molecule has 0 saturated carbocycles. The number of aliphatic hydroxyl groups excluding tert-OH is 1. The number of benzene rings is 2. The monoisotopic (exact) mass is 352 g/mol. The summed E-state index contributed by atoms with van der Waals surface area (Å²) >= 11 is 0. The Morgan fingerprint density at radius 3 is 1.96 bits per heavy atom. The summed E-state index contributed by atoms with van der Waals surface area (Å²) in [6.45, 7) is 5.66. The highest BCUT2D eigenvalue weighted by molar-refractivity contribution is 5.90. The van der Waals surface area contributed by atoms with Gasteiger partial charge in [-0.05, 0) is 20.8 Å². The molecule has 0 atom stereocenters. The fourth-order valence-electron chi connectivity index (χ4n) is 3.31. The zero-order valence-corrected chi connectivity index (χ0v) is 15.4. The van der Waals surface area contributed by atoms with E-state index in [0.717, 1.165) is 22.3 Å². The second kappa shape index (κ2) is 7.34. The Hall–Kier alpha value is -2.59. The van der Waals surface area contributed by atoms with E-state index in [1.54, 1.807) is 6.92 Å². The molecule has 1 heterocycles. The Kier molecular flexibility index (Phi) is 5.14. The molecule has 0 aliphatic carbocycles. The summed E-state index contributed by atoms with van der Waals surface area (Å²) in [5.41, 5.74) is 4.09. The van der Waals surface area contributed by atoms with Crippen LogP contribution in [0.2, 0.25) is 0 Å². The van der Waals surface area contributed by atoms with E-state index in [2.05, 4.69) is 0 Å². The average Bonchev–Trinajstić information content (AvgIpc) is 2.99. The van der Waals surface area contributed by atoms with Gasteiger partial charge >= 0.3 is 5.97 Å². The molecule has 0 aromatic heterocycles. The van der Waals surface area contributed by atoms with Crippen LogP contribution in [0.5, 0.6) is 0 Å². The first-order valence-corrected chi connectivity index (χ1v) is 8.77. The van der Waals surface area contributed by atoms with Gasteiger partial charge in [0.25, 0.3) is 0 Å². The van der Waals surface area contributed by atoms with Gasteiger partial charge in [0.2, 0.25) is 0 Å². The maximum Gasteiger partial charge on any atom is 0.337 e. The van der Waals surface area contributed by atoms with Crippen molar-refractivity contribution in [2.75, 3.05) is 13.2 Å². The Labute approximate surface area is 154 Å². The lowest BCUT2D eigenvalue weighted by Gasteiger charge is -2.31. The van der Waals surface area contributed by atoms with Crippen LogP contribution in [-0.2, 0) is 19.9 Å². The summed E-state index contributed by atoms with van der Waals surface area (Å²) in [6.07, 6.45) is 0.398. The van der Waals surface area contributed by atoms with Gasteiger partial charge in [-0.1, -0.05) is 59.7 Å². The highest BCUT2D eigenvalue weighted by Gasteiger charge is 2.45. The summed E-state index contributed by atoms with van der Waals surface area (Å²) in [5.74, 6) is 0.131. The first-order valence-electron chi connectivity index (χ1n) is 8.77. The number of hydrogen-bond donors (Lipinski definition) is 1. The molecular formula is C22H24O4. The molecule has 0 saturated heterocycles. The molecule has 136 valence electrons. The lowest BCUT2D eigenvalue weighted by atomic mass is 9.82. The number of ether oxygens (including phenoxy) is 2. The molecule has 0 spiro atoms. The molecule has 1 N–H and O–H groups in total. The van der Waals surface area contributed by atoms with Gasteiger partial charge in [0.15, 0.2) is 5.60 Å². The van der Waals surface area contributed by atoms with Gasteiger partial charge in [0.1, 0.15) is 12.4 Å². The number of carbonyl (C=O) groups is 1. The number of rotatable bonds is 5. The number of allylic oxidation sites excluding steroid dienone is 1. The van der Waals surface area contributed by atoms with Crippen molar-refractivity contribution in [2.45, 2.75) is 32.8 Å². The molecule has 4 nitrogen and oxygen atoms in total. The molecular weight excluding hydrogens is 328 g/mol. The van der Waals surface area contributed by atoms with Crippen molar-refractivity contribution in [1.29, 1.82) is 0 Å². The zero-order chi connectivity index (χ0) is 18.7. The van der Waals surface area contributed by atoms with Crippen LogP contribution in [0.1, 0.15) is 35.6 Å². The Bertz CT molecular complexity index is 771. The van der Waals surface area contributed by atoms with E-state index in [1.807, 2.05) is 62.4 Å². The smallest absolute Gasteiger partial charge is 0.337 e. The van der Waals surface area contributed by atoms with Crippen molar-refractivity contribution in [3.63, 3.8) is 0 Å². The molecule has 2 aromatic carbocycles. The van der Waals surface area contributed by atoms with Crippen LogP contribution < -0.4 is 0 Å². The predicted molar refractivity (Wildman–Crippen MR) is 99.6 cm³/mol. The van der Waals surface area contributed by atoms with E-state index < -0.39 is 11.6 Å². The van der Waals surface area contributed by atoms with Crippen molar-refractivity contribution >= 4 is 5.97 Å². The third kappa shape index (κ3) is 3.37. The average molecular weight is 352 g/mol. The molecule has 1 aliphatic heterocycles. The quantitative estimate of drug-likeness (QED) is 0.832. The minimum absolute atomic E-state index is 0.0162. The SMILES string of the molecule is CC1=C(C(=O)OCCO)CC(c2ccc(C)cc2)(c2ccc(C)cc2)O1. The second-order valence-corrected chi connectivity index (χ2v) is 6.73. The van der Waals surface area contributed by atoms with Crippen LogP contribution in [0.3, 0.4) is 0 Å². The summed E-state index contributed by atoms with van der Waals surface area (Å²) in [5, 5.41) is 8.91. The normalized spacial score (nSPS) is 15.7. The molecule has 0 fully saturated rings. The fraction of sp³-hybridized carbons (Fsp3) is 0.318. The maximum absolute atomic E-state index is 12.4. The summed E-state index contributed by atoms with van der Waals surface area (Å²) in [6, 6.07) is 16.4. The summed E-state index contributed by atoms with van der Waals surface area (Å²) < 4.78 is 11.5. The van der Waals surface area contributed by atoms with E-state index in [1.165, 1.54) is 0 Å². The minimum Gasteiger partial charge on any atom is -0.482 e. The van der Waals surface area contributed by atoms with Crippen LogP contribution in [0, 0.1) is 13.8 Å². The van der Waals surface area contributed by atoms with Crippen molar-refractivity contribution < 1.29 is 19.4 Å². The molecule has 1 aliphatic rings. The minimum atomic E-state index is -0.751. The van der Waals surface area contributed by atoms with Gasteiger partial charge in [-0.3, -0.25) is 0 Å². The number of hydrogen-bond acceptors (Lipinski definition) is 4. The van der Waals surface area contributed by atoms with Crippen LogP contribution in [0.4, 0.5) is 0 Å². The number of carbonyl (C=O) groups excluding carboxylic acids is 1. The van der Waals surface area contributed by atoms with Crippen molar-refractivity contribution in [3.8, 4) is 0 Å². The standard InChI is InChI=1S/C22H24O4/c1-15-4-8-18(9-5-15)22(19-10-6-16(2)7-11-19)14-20(17(3)26-22)21(24)25-13-12-23/h4-11,23H,12-14H2,1-3H3. The van der Waals surface area contributed by atoms with E-state index in [9.17, 15) is 4.79 Å². The number of aliphatic hydroxyl groups is 1. The molecule has 2 aromatic rings. The highest BCUT2D eigenvalue weighted by atomic mass is 16.5. The highest BCUT2D eigenvalue weighted by Crippen LogP contribution is 2.47. The van der Waals surface area contributed by atoms with E-state index in [0.29, 0.717) is 17.8 Å². The van der Waals surface area contributed by atoms with Crippen molar-refractivity contribution in [2.24, 2.45) is 0 Å². The van der Waals surface area contributed by atoms with Crippen LogP contribution >= 0.6 is 0 Å². The first kappa shape index (κ1) is 18.2. The maximum atomic E-state index is 12.4. The van der Waals surface area contributed by atoms with E-state index in [-0.39, 0.29) is 13.2 Å². The van der Waals surface area contributed by atoms with Gasteiger partial charge < -0.3 is 14.6 Å². The van der Waals surface area contributed by atoms with Crippen LogP contribution in [0.15, 0.2) is 59.9 Å². The third-order valence-corrected chi connectivity index (χ3v) is 4.78. The summed E-state index contributed by atoms with van der Waals surface area (Å²) in [4.78, 5) is 12.4. The topological polar surface area (TPSA) is 55.8 Å². The molecule has 3 rings (SSSR count). The van der Waals surface area contributed by atoms with Gasteiger partial charge in [0.05, 0.1) is 12.2 Å².